The van der Waals surface area contributed by atoms with E-state index in [1.807, 2.05) is 7.05 Å². The van der Waals surface area contributed by atoms with Gasteiger partial charge in [-0.3, -0.25) is 9.52 Å². The number of hydrogen-bond donors (Lipinski definition) is 1. The van der Waals surface area contributed by atoms with E-state index >= 15 is 0 Å². The van der Waals surface area contributed by atoms with Crippen LogP contribution in [0.25, 0.3) is 0 Å². The third kappa shape index (κ3) is 5.09. The van der Waals surface area contributed by atoms with E-state index in [9.17, 15) is 13.2 Å². The molecule has 0 aliphatic carbocycles. The lowest BCUT2D eigenvalue weighted by atomic mass is 9.87. The van der Waals surface area contributed by atoms with Gasteiger partial charge in [0, 0.05) is 25.0 Å². The average molecular weight is 446 g/mol. The predicted molar refractivity (Wildman–Crippen MR) is 119 cm³/mol. The lowest BCUT2D eigenvalue weighted by Gasteiger charge is -2.19. The third-order valence-electron chi connectivity index (χ3n) is 4.67. The van der Waals surface area contributed by atoms with Gasteiger partial charge in [-0.15, -0.1) is 0 Å². The summed E-state index contributed by atoms with van der Waals surface area (Å²) in [5.74, 6) is -0.0436. The Hall–Kier alpha value is -2.64. The summed E-state index contributed by atoms with van der Waals surface area (Å²) in [5, 5.41) is 0.303. The average Bonchev–Trinajstić information content (AvgIpc) is 3.10. The normalized spacial score (nSPS) is 12.0. The Balaban J connectivity index is 1.81. The minimum absolute atomic E-state index is 0.0291. The highest BCUT2D eigenvalue weighted by molar-refractivity contribution is 7.92. The molecule has 0 atom stereocenters. The van der Waals surface area contributed by atoms with E-state index in [4.69, 9.17) is 11.6 Å². The Labute approximate surface area is 182 Å². The number of carbonyl (C=O) groups excluding carboxylic acids is 1. The summed E-state index contributed by atoms with van der Waals surface area (Å²) in [4.78, 5) is 16.9. The smallest absolute Gasteiger partial charge is 0.263 e. The van der Waals surface area contributed by atoms with Crippen LogP contribution in [-0.2, 0) is 28.9 Å². The molecule has 0 spiro atoms. The summed E-state index contributed by atoms with van der Waals surface area (Å²) >= 11 is 6.18. The fraction of sp³-hybridized carbons (Fsp3) is 0.273. The Morgan fingerprint density at radius 3 is 2.33 bits per heavy atom. The molecule has 3 aromatic rings. The zero-order chi connectivity index (χ0) is 22.1. The number of benzene rings is 1. The molecule has 0 bridgehead atoms. The van der Waals surface area contributed by atoms with Gasteiger partial charge in [-0.2, -0.15) is 0 Å². The number of pyridine rings is 1. The second-order valence-corrected chi connectivity index (χ2v) is 10.3. The van der Waals surface area contributed by atoms with Crippen molar-refractivity contribution in [2.24, 2.45) is 7.05 Å². The second-order valence-electron chi connectivity index (χ2n) is 8.17. The molecule has 0 fully saturated rings. The summed E-state index contributed by atoms with van der Waals surface area (Å²) in [6, 6.07) is 11.5. The van der Waals surface area contributed by atoms with Crippen LogP contribution in [0.2, 0.25) is 5.02 Å². The van der Waals surface area contributed by atoms with Crippen molar-refractivity contribution in [2.75, 3.05) is 4.72 Å². The Morgan fingerprint density at radius 1 is 1.10 bits per heavy atom. The highest BCUT2D eigenvalue weighted by Crippen LogP contribution is 2.25. The number of aromatic nitrogens is 2. The zero-order valence-electron chi connectivity index (χ0n) is 17.3. The summed E-state index contributed by atoms with van der Waals surface area (Å²) in [5.41, 5.74) is 1.81. The topological polar surface area (TPSA) is 81.1 Å². The molecule has 0 aliphatic heterocycles. The molecule has 1 aromatic carbocycles. The minimum Gasteiger partial charge on any atom is -0.357 e. The molecule has 3 rings (SSSR count). The van der Waals surface area contributed by atoms with Crippen LogP contribution in [0.3, 0.4) is 0 Å². The van der Waals surface area contributed by atoms with E-state index in [0.717, 1.165) is 5.56 Å². The molecule has 30 heavy (non-hydrogen) atoms. The van der Waals surface area contributed by atoms with E-state index in [1.165, 1.54) is 12.1 Å². The fourth-order valence-corrected chi connectivity index (χ4v) is 4.09. The van der Waals surface area contributed by atoms with Crippen molar-refractivity contribution < 1.29 is 13.2 Å². The molecule has 8 heteroatoms. The number of sulfonamides is 1. The van der Waals surface area contributed by atoms with Crippen molar-refractivity contribution in [3.8, 4) is 0 Å². The molecule has 2 heterocycles. The predicted octanol–water partition coefficient (Wildman–Crippen LogP) is 4.60. The molecule has 6 nitrogen and oxygen atoms in total. The number of nitrogens with zero attached hydrogens (tertiary/aromatic N) is 2. The van der Waals surface area contributed by atoms with Crippen LogP contribution in [0.15, 0.2) is 59.8 Å². The van der Waals surface area contributed by atoms with Crippen LogP contribution in [0.5, 0.6) is 0 Å². The van der Waals surface area contributed by atoms with Crippen LogP contribution in [-0.4, -0.2) is 23.8 Å². The molecule has 0 saturated carbocycles. The number of ketones is 1. The summed E-state index contributed by atoms with van der Waals surface area (Å²) in [7, 11) is -2.00. The van der Waals surface area contributed by atoms with Gasteiger partial charge in [0.2, 0.25) is 0 Å². The molecule has 1 N–H and O–H groups in total. The Bertz CT molecular complexity index is 1180. The maximum atomic E-state index is 12.8. The van der Waals surface area contributed by atoms with Crippen LogP contribution in [0.4, 0.5) is 5.82 Å². The number of carbonyl (C=O) groups is 1. The molecular formula is C22H24ClN3O3S. The quantitative estimate of drug-likeness (QED) is 0.562. The van der Waals surface area contributed by atoms with Gasteiger partial charge in [0.25, 0.3) is 10.0 Å². The largest absolute Gasteiger partial charge is 0.357 e. The minimum atomic E-state index is -3.83. The van der Waals surface area contributed by atoms with E-state index in [1.54, 1.807) is 47.3 Å². The van der Waals surface area contributed by atoms with Gasteiger partial charge in [-0.25, -0.2) is 13.4 Å². The molecule has 0 aliphatic rings. The van der Waals surface area contributed by atoms with E-state index in [2.05, 4.69) is 30.5 Å². The summed E-state index contributed by atoms with van der Waals surface area (Å²) < 4.78 is 29.7. The maximum Gasteiger partial charge on any atom is 0.263 e. The van der Waals surface area contributed by atoms with Crippen LogP contribution in [0, 0.1) is 0 Å². The van der Waals surface area contributed by atoms with Gasteiger partial charge in [0.15, 0.2) is 5.78 Å². The lowest BCUT2D eigenvalue weighted by molar-refractivity contribution is 0.0992. The van der Waals surface area contributed by atoms with Crippen molar-refractivity contribution in [2.45, 2.75) is 37.5 Å². The number of aryl methyl sites for hydroxylation is 1. The number of nitrogens with one attached hydrogen (secondary N) is 1. The highest BCUT2D eigenvalue weighted by Gasteiger charge is 2.19. The van der Waals surface area contributed by atoms with E-state index in [-0.39, 0.29) is 28.3 Å². The molecular weight excluding hydrogens is 422 g/mol. The third-order valence-corrected chi connectivity index (χ3v) is 6.38. The van der Waals surface area contributed by atoms with Gasteiger partial charge in [-0.05, 0) is 41.3 Å². The van der Waals surface area contributed by atoms with Crippen LogP contribution >= 0.6 is 11.6 Å². The Morgan fingerprint density at radius 2 is 1.77 bits per heavy atom. The van der Waals surface area contributed by atoms with Crippen molar-refractivity contribution in [1.82, 2.24) is 9.55 Å². The number of anilines is 1. The summed E-state index contributed by atoms with van der Waals surface area (Å²) in [6.07, 6.45) is 3.46. The maximum absolute atomic E-state index is 12.8. The first-order valence-electron chi connectivity index (χ1n) is 9.40. The molecule has 0 saturated heterocycles. The van der Waals surface area contributed by atoms with E-state index in [0.29, 0.717) is 16.3 Å². The number of halogens is 1. The van der Waals surface area contributed by atoms with Gasteiger partial charge in [-0.1, -0.05) is 44.5 Å². The van der Waals surface area contributed by atoms with Crippen LogP contribution < -0.4 is 4.72 Å². The first kappa shape index (κ1) is 22.1. The SMILES string of the molecule is Cn1ccc(C(=O)Cc2nc(NS(=O)(=O)c3ccc(C(C)(C)C)cc3)ccc2Cl)c1. The molecule has 158 valence electrons. The first-order chi connectivity index (χ1) is 14.0. The zero-order valence-corrected chi connectivity index (χ0v) is 18.9. The molecule has 0 amide bonds. The van der Waals surface area contributed by atoms with Crippen molar-refractivity contribution in [1.29, 1.82) is 0 Å². The highest BCUT2D eigenvalue weighted by atomic mass is 35.5. The van der Waals surface area contributed by atoms with E-state index < -0.39 is 10.0 Å². The van der Waals surface area contributed by atoms with Crippen molar-refractivity contribution >= 4 is 33.2 Å². The van der Waals surface area contributed by atoms with Crippen molar-refractivity contribution in [3.63, 3.8) is 0 Å². The number of Topliss-reactive ketones (excluding diaryl/α,β-unsaturated/α-hetero) is 1. The van der Waals surface area contributed by atoms with Crippen molar-refractivity contribution in [3.05, 3.63) is 76.7 Å². The first-order valence-corrected chi connectivity index (χ1v) is 11.3. The van der Waals surface area contributed by atoms with Gasteiger partial charge in [0.1, 0.15) is 5.82 Å². The Kier molecular flexibility index (Phi) is 6.06. The summed E-state index contributed by atoms with van der Waals surface area (Å²) in [6.45, 7) is 6.18. The standard InChI is InChI=1S/C22H24ClN3O3S/c1-22(2,3)16-5-7-17(8-6-16)30(28,29)25-21-10-9-18(23)19(24-21)13-20(27)15-11-12-26(4)14-15/h5-12,14H,13H2,1-4H3,(H,24,25). The van der Waals surface area contributed by atoms with Gasteiger partial charge >= 0.3 is 0 Å². The second kappa shape index (κ2) is 8.24. The molecule has 2 aromatic heterocycles. The molecule has 0 unspecified atom stereocenters. The number of hydrogen-bond acceptors (Lipinski definition) is 4. The van der Waals surface area contributed by atoms with Crippen LogP contribution in [0.1, 0.15) is 42.4 Å². The van der Waals surface area contributed by atoms with Gasteiger partial charge in [0.05, 0.1) is 22.0 Å². The molecule has 0 radical (unpaired) electrons. The number of rotatable bonds is 6. The monoisotopic (exact) mass is 445 g/mol. The van der Waals surface area contributed by atoms with Gasteiger partial charge < -0.3 is 4.57 Å². The fourth-order valence-electron chi connectivity index (χ4n) is 2.92. The lowest BCUT2D eigenvalue weighted by Crippen LogP contribution is -2.16.